The molecule has 0 saturated carbocycles. The van der Waals surface area contributed by atoms with Gasteiger partial charge in [-0.05, 0) is 59.8 Å². The summed E-state index contributed by atoms with van der Waals surface area (Å²) >= 11 is 1.11. The molecule has 1 aliphatic rings. The second-order valence-electron chi connectivity index (χ2n) is 5.06. The van der Waals surface area contributed by atoms with Gasteiger partial charge in [0.2, 0.25) is 0 Å². The summed E-state index contributed by atoms with van der Waals surface area (Å²) < 4.78 is 10.4. The van der Waals surface area contributed by atoms with Crippen molar-refractivity contribution in [3.8, 4) is 11.5 Å². The van der Waals surface area contributed by atoms with E-state index in [2.05, 4.69) is 4.99 Å². The molecule has 0 atom stereocenters. The summed E-state index contributed by atoms with van der Waals surface area (Å²) in [6.07, 6.45) is 1.65. The van der Waals surface area contributed by atoms with Crippen molar-refractivity contribution >= 4 is 34.9 Å². The van der Waals surface area contributed by atoms with Gasteiger partial charge < -0.3 is 15.2 Å². The van der Waals surface area contributed by atoms with Crippen molar-refractivity contribution in [1.29, 1.82) is 0 Å². The molecule has 1 heterocycles. The van der Waals surface area contributed by atoms with Crippen LogP contribution in [-0.4, -0.2) is 24.2 Å². The molecule has 3 rings (SSSR count). The molecule has 2 aromatic carbocycles. The highest BCUT2D eigenvalue weighted by molar-refractivity contribution is 8.18. The maximum atomic E-state index is 12.2. The Labute approximate surface area is 148 Å². The Morgan fingerprint density at radius 1 is 1.16 bits per heavy atom. The Kier molecular flexibility index (Phi) is 4.85. The molecular formula is C18H14N2O4S. The molecule has 0 spiro atoms. The second-order valence-corrected chi connectivity index (χ2v) is 6.12. The van der Waals surface area contributed by atoms with E-state index in [9.17, 15) is 9.59 Å². The van der Waals surface area contributed by atoms with Crippen LogP contribution in [0.3, 0.4) is 0 Å². The van der Waals surface area contributed by atoms with Crippen molar-refractivity contribution in [3.63, 3.8) is 0 Å². The lowest BCUT2D eigenvalue weighted by atomic mass is 10.2. The monoisotopic (exact) mass is 354 g/mol. The predicted molar refractivity (Wildman–Crippen MR) is 96.6 cm³/mol. The summed E-state index contributed by atoms with van der Waals surface area (Å²) in [6.45, 7) is 0. The van der Waals surface area contributed by atoms with Crippen LogP contribution in [-0.2, 0) is 4.79 Å². The Hall–Kier alpha value is -3.06. The van der Waals surface area contributed by atoms with Crippen molar-refractivity contribution in [2.75, 3.05) is 7.11 Å². The van der Waals surface area contributed by atoms with Crippen LogP contribution in [0.1, 0.15) is 15.9 Å². The lowest BCUT2D eigenvalue weighted by molar-refractivity contribution is -0.113. The van der Waals surface area contributed by atoms with Gasteiger partial charge in [-0.15, -0.1) is 0 Å². The van der Waals surface area contributed by atoms with E-state index in [4.69, 9.17) is 15.2 Å². The van der Waals surface area contributed by atoms with Gasteiger partial charge in [0.25, 0.3) is 5.91 Å². The van der Waals surface area contributed by atoms with E-state index in [0.29, 0.717) is 27.5 Å². The third kappa shape index (κ3) is 4.07. The molecule has 7 heteroatoms. The van der Waals surface area contributed by atoms with E-state index in [1.54, 1.807) is 61.7 Å². The van der Waals surface area contributed by atoms with Gasteiger partial charge in [-0.3, -0.25) is 4.79 Å². The largest absolute Gasteiger partial charge is 0.497 e. The second kappa shape index (κ2) is 7.23. The zero-order valence-electron chi connectivity index (χ0n) is 13.3. The first-order chi connectivity index (χ1) is 12.0. The normalized spacial score (nSPS) is 15.2. The lowest BCUT2D eigenvalue weighted by Gasteiger charge is -2.06. The summed E-state index contributed by atoms with van der Waals surface area (Å²) in [5.41, 5.74) is 6.64. The van der Waals surface area contributed by atoms with Gasteiger partial charge in [0.15, 0.2) is 5.17 Å². The number of methoxy groups -OCH3 is 1. The summed E-state index contributed by atoms with van der Waals surface area (Å²) in [5.74, 6) is 0.180. The highest BCUT2D eigenvalue weighted by Gasteiger charge is 2.19. The number of esters is 1. The average molecular weight is 354 g/mol. The Morgan fingerprint density at radius 2 is 1.92 bits per heavy atom. The minimum atomic E-state index is -0.480. The van der Waals surface area contributed by atoms with Crippen LogP contribution in [0.15, 0.2) is 58.4 Å². The quantitative estimate of drug-likeness (QED) is 0.516. The third-order valence-corrected chi connectivity index (χ3v) is 4.14. The van der Waals surface area contributed by atoms with Crippen molar-refractivity contribution in [3.05, 3.63) is 64.6 Å². The first-order valence-electron chi connectivity index (χ1n) is 7.29. The molecule has 2 aromatic rings. The van der Waals surface area contributed by atoms with E-state index < -0.39 is 5.97 Å². The van der Waals surface area contributed by atoms with Gasteiger partial charge in [-0.25, -0.2) is 4.79 Å². The van der Waals surface area contributed by atoms with Crippen molar-refractivity contribution in [2.45, 2.75) is 0 Å². The molecular weight excluding hydrogens is 340 g/mol. The minimum Gasteiger partial charge on any atom is -0.497 e. The summed E-state index contributed by atoms with van der Waals surface area (Å²) in [4.78, 5) is 27.9. The van der Waals surface area contributed by atoms with Crippen LogP contribution in [0, 0.1) is 0 Å². The molecule has 1 amide bonds. The number of amides is 1. The number of benzene rings is 2. The van der Waals surface area contributed by atoms with Gasteiger partial charge in [0.1, 0.15) is 11.5 Å². The van der Waals surface area contributed by atoms with Crippen molar-refractivity contribution in [2.24, 2.45) is 10.7 Å². The van der Waals surface area contributed by atoms with Crippen molar-refractivity contribution < 1.29 is 19.1 Å². The number of nitrogens with two attached hydrogens (primary N) is 1. The first kappa shape index (κ1) is 16.8. The van der Waals surface area contributed by atoms with Crippen LogP contribution in [0.5, 0.6) is 11.5 Å². The van der Waals surface area contributed by atoms with Crippen LogP contribution in [0.4, 0.5) is 0 Å². The van der Waals surface area contributed by atoms with E-state index in [-0.39, 0.29) is 11.1 Å². The molecule has 0 aromatic heterocycles. The number of ether oxygens (including phenoxy) is 2. The number of carbonyl (C=O) groups excluding carboxylic acids is 2. The molecule has 0 fully saturated rings. The van der Waals surface area contributed by atoms with E-state index >= 15 is 0 Å². The van der Waals surface area contributed by atoms with E-state index in [1.165, 1.54) is 0 Å². The number of hydrogen-bond donors (Lipinski definition) is 1. The zero-order valence-corrected chi connectivity index (χ0v) is 14.1. The minimum absolute atomic E-state index is 0.221. The molecule has 0 saturated heterocycles. The topological polar surface area (TPSA) is 91.0 Å². The molecule has 0 unspecified atom stereocenters. The predicted octanol–water partition coefficient (Wildman–Crippen LogP) is 2.84. The highest BCUT2D eigenvalue weighted by atomic mass is 32.2. The van der Waals surface area contributed by atoms with Crippen LogP contribution in [0.2, 0.25) is 0 Å². The SMILES string of the molecule is COc1ccc(C(=O)Oc2cccc(C=C3SC(N)=NC3=O)c2)cc1. The lowest BCUT2D eigenvalue weighted by Crippen LogP contribution is -2.08. The average Bonchev–Trinajstić information content (AvgIpc) is 2.92. The number of hydrogen-bond acceptors (Lipinski definition) is 6. The maximum Gasteiger partial charge on any atom is 0.343 e. The summed E-state index contributed by atoms with van der Waals surface area (Å²) in [6, 6.07) is 13.5. The van der Waals surface area contributed by atoms with E-state index in [1.807, 2.05) is 0 Å². The Morgan fingerprint density at radius 3 is 2.56 bits per heavy atom. The number of rotatable bonds is 4. The smallest absolute Gasteiger partial charge is 0.343 e. The van der Waals surface area contributed by atoms with Gasteiger partial charge in [-0.2, -0.15) is 4.99 Å². The number of amidine groups is 1. The zero-order chi connectivity index (χ0) is 17.8. The number of nitrogens with zero attached hydrogens (tertiary/aromatic N) is 1. The summed E-state index contributed by atoms with van der Waals surface area (Å²) in [5, 5.41) is 0.221. The number of carbonyl (C=O) groups is 2. The van der Waals surface area contributed by atoms with Gasteiger partial charge >= 0.3 is 5.97 Å². The number of aliphatic imine (C=N–C) groups is 1. The van der Waals surface area contributed by atoms with Gasteiger partial charge in [0.05, 0.1) is 17.6 Å². The molecule has 2 N–H and O–H groups in total. The fourth-order valence-electron chi connectivity index (χ4n) is 2.14. The molecule has 126 valence electrons. The summed E-state index contributed by atoms with van der Waals surface area (Å²) in [7, 11) is 1.55. The van der Waals surface area contributed by atoms with Crippen LogP contribution in [0.25, 0.3) is 6.08 Å². The van der Waals surface area contributed by atoms with Crippen molar-refractivity contribution in [1.82, 2.24) is 0 Å². The Bertz CT molecular complexity index is 888. The molecule has 0 aliphatic carbocycles. The van der Waals surface area contributed by atoms with Gasteiger partial charge in [0, 0.05) is 0 Å². The first-order valence-corrected chi connectivity index (χ1v) is 8.11. The molecule has 25 heavy (non-hydrogen) atoms. The molecule has 1 aliphatic heterocycles. The van der Waals surface area contributed by atoms with Gasteiger partial charge in [-0.1, -0.05) is 12.1 Å². The molecule has 0 radical (unpaired) electrons. The van der Waals surface area contributed by atoms with Crippen LogP contribution >= 0.6 is 11.8 Å². The van der Waals surface area contributed by atoms with E-state index in [0.717, 1.165) is 11.8 Å². The fourth-order valence-corrected chi connectivity index (χ4v) is 2.82. The third-order valence-electron chi connectivity index (χ3n) is 3.33. The maximum absolute atomic E-state index is 12.2. The molecule has 0 bridgehead atoms. The number of thioether (sulfide) groups is 1. The highest BCUT2D eigenvalue weighted by Crippen LogP contribution is 2.27. The molecule has 6 nitrogen and oxygen atoms in total. The van der Waals surface area contributed by atoms with Crippen LogP contribution < -0.4 is 15.2 Å². The fraction of sp³-hybridized carbons (Fsp3) is 0.0556. The standard InChI is InChI=1S/C18H14N2O4S/c1-23-13-7-5-12(6-8-13)17(22)24-14-4-2-3-11(9-14)10-15-16(21)20-18(19)25-15/h2-10H,1H3,(H2,19,20,21). The Balaban J connectivity index is 1.74.